The largest absolute Gasteiger partial charge is 0.161 e. The Morgan fingerprint density at radius 1 is 1.00 bits per heavy atom. The van der Waals surface area contributed by atoms with Crippen LogP contribution in [0.3, 0.4) is 0 Å². The number of hydrogen-bond donors (Lipinski definition) is 0. The number of thioether (sulfide) groups is 2. The Hall–Kier alpha value is 0.700. The van der Waals surface area contributed by atoms with Gasteiger partial charge in [-0.1, -0.05) is 6.42 Å². The lowest BCUT2D eigenvalue weighted by Crippen LogP contribution is -2.10. The van der Waals surface area contributed by atoms with Gasteiger partial charge in [0.1, 0.15) is 0 Å². The van der Waals surface area contributed by atoms with Crippen LogP contribution in [0.4, 0.5) is 0 Å². The van der Waals surface area contributed by atoms with Crippen molar-refractivity contribution in [3.05, 3.63) is 0 Å². The standard InChI is InChI=1S/C7H14S2/c1-8-6-4-3-5-7(6)9-2/h6-7H,3-5H2,1-2H3. The van der Waals surface area contributed by atoms with Crippen LogP contribution in [0.1, 0.15) is 19.3 Å². The SMILES string of the molecule is CSC1CCCC1SC. The first-order valence-electron chi connectivity index (χ1n) is 3.44. The van der Waals surface area contributed by atoms with E-state index in [0.29, 0.717) is 0 Å². The highest BCUT2D eigenvalue weighted by molar-refractivity contribution is 8.03. The van der Waals surface area contributed by atoms with Crippen LogP contribution in [-0.2, 0) is 0 Å². The van der Waals surface area contributed by atoms with Crippen LogP contribution in [0, 0.1) is 0 Å². The van der Waals surface area contributed by atoms with E-state index in [1.807, 2.05) is 23.5 Å². The minimum atomic E-state index is 0.958. The summed E-state index contributed by atoms with van der Waals surface area (Å²) >= 11 is 4.09. The average Bonchev–Trinajstić information content (AvgIpc) is 2.33. The molecule has 0 heterocycles. The van der Waals surface area contributed by atoms with Crippen LogP contribution in [0.5, 0.6) is 0 Å². The Morgan fingerprint density at radius 2 is 1.44 bits per heavy atom. The molecule has 1 aliphatic rings. The molecule has 2 unspecified atom stereocenters. The molecule has 2 atom stereocenters. The Labute approximate surface area is 66.2 Å². The summed E-state index contributed by atoms with van der Waals surface area (Å²) in [5.74, 6) is 0. The van der Waals surface area contributed by atoms with E-state index in [1.54, 1.807) is 0 Å². The summed E-state index contributed by atoms with van der Waals surface area (Å²) in [5, 5.41) is 1.92. The van der Waals surface area contributed by atoms with E-state index in [-0.39, 0.29) is 0 Å². The summed E-state index contributed by atoms with van der Waals surface area (Å²) in [6, 6.07) is 0. The van der Waals surface area contributed by atoms with Crippen molar-refractivity contribution < 1.29 is 0 Å². The highest BCUT2D eigenvalue weighted by Gasteiger charge is 2.24. The van der Waals surface area contributed by atoms with Gasteiger partial charge in [-0.2, -0.15) is 23.5 Å². The number of hydrogen-bond acceptors (Lipinski definition) is 2. The summed E-state index contributed by atoms with van der Waals surface area (Å²) in [5.41, 5.74) is 0. The van der Waals surface area contributed by atoms with Crippen LogP contribution < -0.4 is 0 Å². The van der Waals surface area contributed by atoms with Gasteiger partial charge < -0.3 is 0 Å². The molecule has 0 spiro atoms. The van der Waals surface area contributed by atoms with Crippen LogP contribution in [0.25, 0.3) is 0 Å². The van der Waals surface area contributed by atoms with Crippen molar-refractivity contribution in [3.8, 4) is 0 Å². The maximum Gasteiger partial charge on any atom is 0.0163 e. The van der Waals surface area contributed by atoms with Gasteiger partial charge in [0.15, 0.2) is 0 Å². The van der Waals surface area contributed by atoms with E-state index in [0.717, 1.165) is 10.5 Å². The molecule has 9 heavy (non-hydrogen) atoms. The van der Waals surface area contributed by atoms with Crippen LogP contribution in [0.2, 0.25) is 0 Å². The third-order valence-electron chi connectivity index (χ3n) is 2.00. The Kier molecular flexibility index (Phi) is 3.27. The molecule has 1 rings (SSSR count). The van der Waals surface area contributed by atoms with Crippen molar-refractivity contribution in [1.29, 1.82) is 0 Å². The molecule has 0 N–H and O–H groups in total. The molecular formula is C7H14S2. The molecule has 0 aromatic heterocycles. The molecule has 0 bridgehead atoms. The highest BCUT2D eigenvalue weighted by Crippen LogP contribution is 2.35. The molecule has 1 saturated carbocycles. The van der Waals surface area contributed by atoms with Gasteiger partial charge in [0.05, 0.1) is 0 Å². The third-order valence-corrected chi connectivity index (χ3v) is 4.51. The Morgan fingerprint density at radius 3 is 1.78 bits per heavy atom. The molecule has 1 aliphatic carbocycles. The normalized spacial score (nSPS) is 35.3. The first-order chi connectivity index (χ1) is 4.38. The van der Waals surface area contributed by atoms with Gasteiger partial charge in [0.2, 0.25) is 0 Å². The second-order valence-electron chi connectivity index (χ2n) is 2.48. The van der Waals surface area contributed by atoms with Gasteiger partial charge in [-0.25, -0.2) is 0 Å². The molecule has 0 saturated heterocycles. The predicted octanol–water partition coefficient (Wildman–Crippen LogP) is 2.63. The molecule has 0 aromatic carbocycles. The summed E-state index contributed by atoms with van der Waals surface area (Å²) in [6.07, 6.45) is 8.83. The van der Waals surface area contributed by atoms with E-state index < -0.39 is 0 Å². The van der Waals surface area contributed by atoms with Gasteiger partial charge in [-0.05, 0) is 25.4 Å². The highest BCUT2D eigenvalue weighted by atomic mass is 32.2. The summed E-state index contributed by atoms with van der Waals surface area (Å²) in [7, 11) is 0. The van der Waals surface area contributed by atoms with E-state index in [4.69, 9.17) is 0 Å². The minimum absolute atomic E-state index is 0.958. The van der Waals surface area contributed by atoms with Crippen molar-refractivity contribution in [2.75, 3.05) is 12.5 Å². The molecule has 1 fully saturated rings. The zero-order chi connectivity index (χ0) is 6.69. The average molecular weight is 162 g/mol. The van der Waals surface area contributed by atoms with Gasteiger partial charge >= 0.3 is 0 Å². The van der Waals surface area contributed by atoms with Crippen LogP contribution in [0.15, 0.2) is 0 Å². The first kappa shape index (κ1) is 7.80. The fourth-order valence-electron chi connectivity index (χ4n) is 1.43. The minimum Gasteiger partial charge on any atom is -0.161 e. The van der Waals surface area contributed by atoms with Gasteiger partial charge in [0, 0.05) is 10.5 Å². The van der Waals surface area contributed by atoms with Gasteiger partial charge in [-0.3, -0.25) is 0 Å². The smallest absolute Gasteiger partial charge is 0.0163 e. The second-order valence-corrected chi connectivity index (χ2v) is 4.63. The summed E-state index contributed by atoms with van der Waals surface area (Å²) in [6.45, 7) is 0. The molecule has 0 amide bonds. The summed E-state index contributed by atoms with van der Waals surface area (Å²) in [4.78, 5) is 0. The van der Waals surface area contributed by atoms with Gasteiger partial charge in [-0.15, -0.1) is 0 Å². The zero-order valence-corrected chi connectivity index (χ0v) is 7.73. The molecule has 0 radical (unpaired) electrons. The monoisotopic (exact) mass is 162 g/mol. The lowest BCUT2D eigenvalue weighted by atomic mass is 10.4. The maximum atomic E-state index is 2.24. The second kappa shape index (κ2) is 3.77. The Balaban J connectivity index is 2.32. The quantitative estimate of drug-likeness (QED) is 0.612. The molecular weight excluding hydrogens is 148 g/mol. The van der Waals surface area contributed by atoms with Gasteiger partial charge in [0.25, 0.3) is 0 Å². The third kappa shape index (κ3) is 1.81. The fraction of sp³-hybridized carbons (Fsp3) is 1.00. The lowest BCUT2D eigenvalue weighted by molar-refractivity contribution is 0.891. The van der Waals surface area contributed by atoms with Crippen molar-refractivity contribution in [3.63, 3.8) is 0 Å². The molecule has 54 valence electrons. The Bertz CT molecular complexity index is 73.0. The molecule has 0 nitrogen and oxygen atoms in total. The van der Waals surface area contributed by atoms with Crippen molar-refractivity contribution in [2.45, 2.75) is 29.8 Å². The molecule has 0 aliphatic heterocycles. The van der Waals surface area contributed by atoms with E-state index >= 15 is 0 Å². The lowest BCUT2D eigenvalue weighted by Gasteiger charge is -2.13. The van der Waals surface area contributed by atoms with Crippen LogP contribution >= 0.6 is 23.5 Å². The number of rotatable bonds is 2. The maximum absolute atomic E-state index is 2.24. The van der Waals surface area contributed by atoms with E-state index in [9.17, 15) is 0 Å². The van der Waals surface area contributed by atoms with Crippen molar-refractivity contribution in [1.82, 2.24) is 0 Å². The fourth-order valence-corrected chi connectivity index (χ4v) is 3.78. The van der Waals surface area contributed by atoms with Crippen molar-refractivity contribution in [2.24, 2.45) is 0 Å². The zero-order valence-electron chi connectivity index (χ0n) is 6.09. The topological polar surface area (TPSA) is 0 Å². The van der Waals surface area contributed by atoms with E-state index in [2.05, 4.69) is 12.5 Å². The van der Waals surface area contributed by atoms with Crippen LogP contribution in [-0.4, -0.2) is 23.0 Å². The first-order valence-corrected chi connectivity index (χ1v) is 6.01. The molecule has 2 heteroatoms. The predicted molar refractivity (Wildman–Crippen MR) is 48.5 cm³/mol. The summed E-state index contributed by atoms with van der Waals surface area (Å²) < 4.78 is 0. The van der Waals surface area contributed by atoms with Crippen molar-refractivity contribution >= 4 is 23.5 Å². The van der Waals surface area contributed by atoms with E-state index in [1.165, 1.54) is 19.3 Å². The molecule has 0 aromatic rings.